The third kappa shape index (κ3) is 3.65. The number of rotatable bonds is 6. The van der Waals surface area contributed by atoms with E-state index in [0.29, 0.717) is 17.2 Å². The maximum absolute atomic E-state index is 12.3. The van der Waals surface area contributed by atoms with E-state index in [0.717, 1.165) is 37.7 Å². The first-order chi connectivity index (χ1) is 9.99. The van der Waals surface area contributed by atoms with Crippen molar-refractivity contribution in [3.63, 3.8) is 0 Å². The fraction of sp³-hybridized carbons (Fsp3) is 0.714. The van der Waals surface area contributed by atoms with Crippen molar-refractivity contribution in [2.75, 3.05) is 36.9 Å². The van der Waals surface area contributed by atoms with Crippen LogP contribution in [0.5, 0.6) is 0 Å². The Bertz CT molecular complexity index is 493. The van der Waals surface area contributed by atoms with E-state index in [2.05, 4.69) is 29.0 Å². The van der Waals surface area contributed by atoms with Gasteiger partial charge in [-0.15, -0.1) is 0 Å². The highest BCUT2D eigenvalue weighted by atomic mass is 32.1. The van der Waals surface area contributed by atoms with Crippen molar-refractivity contribution >= 4 is 28.2 Å². The Labute approximate surface area is 129 Å². The molecule has 1 amide bonds. The van der Waals surface area contributed by atoms with Crippen molar-refractivity contribution in [3.8, 4) is 0 Å². The molecule has 1 atom stereocenters. The number of amides is 1. The van der Waals surface area contributed by atoms with Crippen molar-refractivity contribution < 1.29 is 9.53 Å². The minimum absolute atomic E-state index is 0.167. The topological polar surface area (TPSA) is 80.5 Å². The predicted octanol–water partition coefficient (Wildman–Crippen LogP) is 1.87. The summed E-state index contributed by atoms with van der Waals surface area (Å²) >= 11 is 1.34. The number of thiazole rings is 1. The number of hydrogen-bond donors (Lipinski definition) is 2. The van der Waals surface area contributed by atoms with E-state index in [9.17, 15) is 4.79 Å². The second-order valence-electron chi connectivity index (χ2n) is 5.47. The minimum atomic E-state index is -0.253. The first-order valence-corrected chi connectivity index (χ1v) is 8.24. The SMILES string of the molecule is CCN(CC)c1nc(N)c(C(=O)NCC2(C)CCCO2)s1. The van der Waals surface area contributed by atoms with Gasteiger partial charge >= 0.3 is 0 Å². The van der Waals surface area contributed by atoms with Gasteiger partial charge in [0.2, 0.25) is 0 Å². The van der Waals surface area contributed by atoms with Gasteiger partial charge in [0.25, 0.3) is 5.91 Å². The average molecular weight is 312 g/mol. The van der Waals surface area contributed by atoms with Crippen molar-refractivity contribution in [2.45, 2.75) is 39.2 Å². The van der Waals surface area contributed by atoms with E-state index in [-0.39, 0.29) is 11.5 Å². The molecule has 0 saturated carbocycles. The number of hydrogen-bond acceptors (Lipinski definition) is 6. The molecule has 1 aliphatic heterocycles. The smallest absolute Gasteiger partial charge is 0.265 e. The van der Waals surface area contributed by atoms with Gasteiger partial charge in [0.05, 0.1) is 5.60 Å². The molecule has 0 aromatic carbocycles. The summed E-state index contributed by atoms with van der Waals surface area (Å²) < 4.78 is 5.67. The van der Waals surface area contributed by atoms with E-state index < -0.39 is 0 Å². The molecule has 118 valence electrons. The number of nitrogens with two attached hydrogens (primary N) is 1. The highest BCUT2D eigenvalue weighted by Gasteiger charge is 2.30. The molecule has 21 heavy (non-hydrogen) atoms. The lowest BCUT2D eigenvalue weighted by atomic mass is 10.0. The first-order valence-electron chi connectivity index (χ1n) is 7.42. The lowest BCUT2D eigenvalue weighted by molar-refractivity contribution is 0.0206. The molecule has 1 unspecified atom stereocenters. The standard InChI is InChI=1S/C14H24N4O2S/c1-4-18(5-2)13-17-11(15)10(21-13)12(19)16-9-14(3)7-6-8-20-14/h4-9,15H2,1-3H3,(H,16,19). The molecule has 1 aromatic rings. The third-order valence-corrected chi connectivity index (χ3v) is 4.94. The molecule has 7 heteroatoms. The van der Waals surface area contributed by atoms with Crippen molar-refractivity contribution in [1.29, 1.82) is 0 Å². The number of nitrogens with zero attached hydrogens (tertiary/aromatic N) is 2. The van der Waals surface area contributed by atoms with Crippen LogP contribution in [0.25, 0.3) is 0 Å². The Morgan fingerprint density at radius 1 is 1.52 bits per heavy atom. The largest absolute Gasteiger partial charge is 0.382 e. The van der Waals surface area contributed by atoms with Crippen LogP contribution >= 0.6 is 11.3 Å². The summed E-state index contributed by atoms with van der Waals surface area (Å²) in [5.74, 6) is 0.136. The summed E-state index contributed by atoms with van der Waals surface area (Å²) in [5, 5.41) is 3.72. The van der Waals surface area contributed by atoms with Crippen LogP contribution in [-0.2, 0) is 4.74 Å². The lowest BCUT2D eigenvalue weighted by Gasteiger charge is -2.23. The van der Waals surface area contributed by atoms with Gasteiger partial charge in [-0.1, -0.05) is 11.3 Å². The predicted molar refractivity (Wildman–Crippen MR) is 86.0 cm³/mol. The van der Waals surface area contributed by atoms with Crippen LogP contribution in [0.2, 0.25) is 0 Å². The van der Waals surface area contributed by atoms with Gasteiger partial charge in [0.15, 0.2) is 5.13 Å². The Hall–Kier alpha value is -1.34. The number of anilines is 2. The molecular weight excluding hydrogens is 288 g/mol. The van der Waals surface area contributed by atoms with Gasteiger partial charge in [0, 0.05) is 26.2 Å². The second kappa shape index (κ2) is 6.62. The molecule has 2 rings (SSSR count). The third-order valence-electron chi connectivity index (χ3n) is 3.81. The van der Waals surface area contributed by atoms with Gasteiger partial charge in [-0.25, -0.2) is 4.98 Å². The number of nitrogens with one attached hydrogen (secondary N) is 1. The number of carbonyl (C=O) groups is 1. The molecule has 1 aliphatic rings. The molecule has 6 nitrogen and oxygen atoms in total. The summed E-state index contributed by atoms with van der Waals surface area (Å²) in [6.45, 7) is 9.09. The number of aromatic nitrogens is 1. The van der Waals surface area contributed by atoms with Gasteiger partial charge in [0.1, 0.15) is 10.7 Å². The van der Waals surface area contributed by atoms with E-state index >= 15 is 0 Å². The Balaban J connectivity index is 2.02. The fourth-order valence-corrected chi connectivity index (χ4v) is 3.47. The normalized spacial score (nSPS) is 21.5. The summed E-state index contributed by atoms with van der Waals surface area (Å²) in [4.78, 5) is 19.2. The van der Waals surface area contributed by atoms with Crippen LogP contribution in [0.4, 0.5) is 10.9 Å². The zero-order valence-corrected chi connectivity index (χ0v) is 13.8. The molecule has 1 fully saturated rings. The summed E-state index contributed by atoms with van der Waals surface area (Å²) in [6.07, 6.45) is 2.01. The first kappa shape index (κ1) is 16.0. The zero-order chi connectivity index (χ0) is 15.5. The molecule has 0 aliphatic carbocycles. The van der Waals surface area contributed by atoms with E-state index in [1.165, 1.54) is 11.3 Å². The van der Waals surface area contributed by atoms with Crippen LogP contribution in [-0.4, -0.2) is 42.7 Å². The van der Waals surface area contributed by atoms with E-state index in [4.69, 9.17) is 10.5 Å². The van der Waals surface area contributed by atoms with Crippen LogP contribution in [0, 0.1) is 0 Å². The van der Waals surface area contributed by atoms with Crippen molar-refractivity contribution in [2.24, 2.45) is 0 Å². The van der Waals surface area contributed by atoms with Crippen LogP contribution in [0.3, 0.4) is 0 Å². The maximum atomic E-state index is 12.3. The van der Waals surface area contributed by atoms with Crippen LogP contribution in [0.15, 0.2) is 0 Å². The minimum Gasteiger partial charge on any atom is -0.382 e. The summed E-state index contributed by atoms with van der Waals surface area (Å²) in [7, 11) is 0. The molecule has 0 radical (unpaired) electrons. The fourth-order valence-electron chi connectivity index (χ4n) is 2.44. The maximum Gasteiger partial charge on any atom is 0.265 e. The van der Waals surface area contributed by atoms with Gasteiger partial charge < -0.3 is 20.7 Å². The molecular formula is C14H24N4O2S. The average Bonchev–Trinajstić information content (AvgIpc) is 3.05. The zero-order valence-electron chi connectivity index (χ0n) is 12.9. The molecule has 1 saturated heterocycles. The van der Waals surface area contributed by atoms with Crippen LogP contribution in [0.1, 0.15) is 43.3 Å². The van der Waals surface area contributed by atoms with Gasteiger partial charge in [-0.2, -0.15) is 0 Å². The number of ether oxygens (including phenoxy) is 1. The Kier molecular flexibility index (Phi) is 5.05. The summed E-state index contributed by atoms with van der Waals surface area (Å²) in [6, 6.07) is 0. The molecule has 2 heterocycles. The quantitative estimate of drug-likeness (QED) is 0.838. The molecule has 1 aromatic heterocycles. The summed E-state index contributed by atoms with van der Waals surface area (Å²) in [5.41, 5.74) is 5.63. The van der Waals surface area contributed by atoms with E-state index in [1.807, 2.05) is 6.92 Å². The van der Waals surface area contributed by atoms with Gasteiger partial charge in [-0.05, 0) is 33.6 Å². The molecule has 0 spiro atoms. The van der Waals surface area contributed by atoms with Gasteiger partial charge in [-0.3, -0.25) is 4.79 Å². The monoisotopic (exact) mass is 312 g/mol. The molecule has 3 N–H and O–H groups in total. The van der Waals surface area contributed by atoms with E-state index in [1.54, 1.807) is 0 Å². The lowest BCUT2D eigenvalue weighted by Crippen LogP contribution is -2.40. The second-order valence-corrected chi connectivity index (χ2v) is 6.45. The number of nitrogen functional groups attached to an aromatic ring is 1. The van der Waals surface area contributed by atoms with Crippen LogP contribution < -0.4 is 16.0 Å². The highest BCUT2D eigenvalue weighted by molar-refractivity contribution is 7.18. The Morgan fingerprint density at radius 3 is 2.81 bits per heavy atom. The van der Waals surface area contributed by atoms with Crippen molar-refractivity contribution in [3.05, 3.63) is 4.88 Å². The number of carbonyl (C=O) groups excluding carboxylic acids is 1. The highest BCUT2D eigenvalue weighted by Crippen LogP contribution is 2.28. The Morgan fingerprint density at radius 2 is 2.24 bits per heavy atom. The molecule has 0 bridgehead atoms. The van der Waals surface area contributed by atoms with Crippen molar-refractivity contribution in [1.82, 2.24) is 10.3 Å².